The van der Waals surface area contributed by atoms with Gasteiger partial charge in [0, 0.05) is 45.3 Å². The van der Waals surface area contributed by atoms with Crippen molar-refractivity contribution in [2.24, 2.45) is 5.92 Å². The maximum absolute atomic E-state index is 12.7. The van der Waals surface area contributed by atoms with Crippen molar-refractivity contribution in [1.29, 1.82) is 0 Å². The Morgan fingerprint density at radius 1 is 1.16 bits per heavy atom. The van der Waals surface area contributed by atoms with Crippen molar-refractivity contribution in [3.05, 3.63) is 23.8 Å². The van der Waals surface area contributed by atoms with Gasteiger partial charge in [0.25, 0.3) is 6.01 Å². The number of hydrogen-bond acceptors (Lipinski definition) is 5. The summed E-state index contributed by atoms with van der Waals surface area (Å²) < 4.78 is 11.3. The van der Waals surface area contributed by atoms with E-state index in [0.29, 0.717) is 25.1 Å². The third kappa shape index (κ3) is 3.49. The Labute approximate surface area is 147 Å². The number of fused-ring (bicyclic) bond motifs is 1. The maximum Gasteiger partial charge on any atom is 0.298 e. The smallest absolute Gasteiger partial charge is 0.298 e. The maximum atomic E-state index is 12.7. The summed E-state index contributed by atoms with van der Waals surface area (Å²) >= 11 is 0. The molecule has 0 saturated carbocycles. The number of nitrogens with zero attached hydrogens (tertiary/aromatic N) is 3. The van der Waals surface area contributed by atoms with Gasteiger partial charge in [0.05, 0.1) is 0 Å². The van der Waals surface area contributed by atoms with E-state index in [1.54, 1.807) is 0 Å². The Bertz CT molecular complexity index is 751. The molecule has 0 atom stereocenters. The quantitative estimate of drug-likeness (QED) is 0.839. The first-order chi connectivity index (χ1) is 12.2. The fourth-order valence-electron chi connectivity index (χ4n) is 3.69. The Hall–Kier alpha value is -2.08. The highest BCUT2D eigenvalue weighted by molar-refractivity contribution is 5.79. The molecule has 2 fully saturated rings. The molecule has 0 unspecified atom stereocenters. The van der Waals surface area contributed by atoms with Crippen LogP contribution in [-0.2, 0) is 9.53 Å². The lowest BCUT2D eigenvalue weighted by Gasteiger charge is -2.28. The third-order valence-corrected chi connectivity index (χ3v) is 5.18. The van der Waals surface area contributed by atoms with Crippen molar-refractivity contribution >= 4 is 23.0 Å². The summed E-state index contributed by atoms with van der Waals surface area (Å²) in [6, 6.07) is 6.72. The molecule has 134 valence electrons. The molecule has 1 aromatic heterocycles. The molecule has 4 rings (SSSR count). The van der Waals surface area contributed by atoms with Crippen LogP contribution in [0.25, 0.3) is 11.1 Å². The van der Waals surface area contributed by atoms with Crippen molar-refractivity contribution in [2.45, 2.75) is 26.2 Å². The number of aromatic nitrogens is 1. The standard InChI is InChI=1S/C19H25N3O3/c1-14-3-4-17-16(13-14)20-19(25-17)22-8-2-7-21(9-10-22)18(23)15-5-11-24-12-6-15/h3-4,13,15H,2,5-12H2,1H3. The molecule has 2 aliphatic rings. The zero-order valence-corrected chi connectivity index (χ0v) is 14.7. The molecule has 1 aromatic carbocycles. The molecule has 2 saturated heterocycles. The van der Waals surface area contributed by atoms with E-state index in [1.807, 2.05) is 23.1 Å². The molecule has 0 bridgehead atoms. The van der Waals surface area contributed by atoms with Gasteiger partial charge in [0.15, 0.2) is 5.58 Å². The Morgan fingerprint density at radius 2 is 2.00 bits per heavy atom. The van der Waals surface area contributed by atoms with Gasteiger partial charge in [0.2, 0.25) is 5.91 Å². The van der Waals surface area contributed by atoms with Crippen LogP contribution in [0.2, 0.25) is 0 Å². The molecule has 0 aliphatic carbocycles. The van der Waals surface area contributed by atoms with Crippen LogP contribution in [0.4, 0.5) is 6.01 Å². The highest BCUT2D eigenvalue weighted by atomic mass is 16.5. The lowest BCUT2D eigenvalue weighted by atomic mass is 9.98. The van der Waals surface area contributed by atoms with E-state index >= 15 is 0 Å². The van der Waals surface area contributed by atoms with Gasteiger partial charge in [-0.05, 0) is 43.9 Å². The van der Waals surface area contributed by atoms with E-state index in [4.69, 9.17) is 9.15 Å². The Balaban J connectivity index is 1.44. The number of aryl methyl sites for hydroxylation is 1. The van der Waals surface area contributed by atoms with Crippen LogP contribution in [0, 0.1) is 12.8 Å². The van der Waals surface area contributed by atoms with Gasteiger partial charge < -0.3 is 19.0 Å². The van der Waals surface area contributed by atoms with E-state index in [2.05, 4.69) is 16.8 Å². The van der Waals surface area contributed by atoms with Crippen LogP contribution in [0.5, 0.6) is 0 Å². The highest BCUT2D eigenvalue weighted by Gasteiger charge is 2.28. The lowest BCUT2D eigenvalue weighted by molar-refractivity contribution is -0.138. The zero-order chi connectivity index (χ0) is 17.2. The summed E-state index contributed by atoms with van der Waals surface area (Å²) in [6.07, 6.45) is 2.64. The number of amides is 1. The number of ether oxygens (including phenoxy) is 1. The lowest BCUT2D eigenvalue weighted by Crippen LogP contribution is -2.40. The van der Waals surface area contributed by atoms with Crippen LogP contribution in [0.15, 0.2) is 22.6 Å². The van der Waals surface area contributed by atoms with E-state index in [9.17, 15) is 4.79 Å². The van der Waals surface area contributed by atoms with Gasteiger partial charge in [-0.3, -0.25) is 4.79 Å². The molecule has 0 N–H and O–H groups in total. The fourth-order valence-corrected chi connectivity index (χ4v) is 3.69. The summed E-state index contributed by atoms with van der Waals surface area (Å²) in [5.74, 6) is 0.422. The van der Waals surface area contributed by atoms with Crippen molar-refractivity contribution in [3.63, 3.8) is 0 Å². The summed E-state index contributed by atoms with van der Waals surface area (Å²) in [7, 11) is 0. The number of carbonyl (C=O) groups is 1. The van der Waals surface area contributed by atoms with Crippen LogP contribution in [0.1, 0.15) is 24.8 Å². The van der Waals surface area contributed by atoms with Gasteiger partial charge >= 0.3 is 0 Å². The number of benzene rings is 1. The Kier molecular flexibility index (Phi) is 4.61. The summed E-state index contributed by atoms with van der Waals surface area (Å²) in [6.45, 7) is 6.64. The van der Waals surface area contributed by atoms with Crippen LogP contribution in [-0.4, -0.2) is 55.2 Å². The zero-order valence-electron chi connectivity index (χ0n) is 14.7. The van der Waals surface area contributed by atoms with E-state index in [0.717, 1.165) is 56.5 Å². The number of rotatable bonds is 2. The normalized spacial score (nSPS) is 20.0. The first-order valence-corrected chi connectivity index (χ1v) is 9.19. The van der Waals surface area contributed by atoms with Gasteiger partial charge in [-0.2, -0.15) is 4.98 Å². The number of anilines is 1. The summed E-state index contributed by atoms with van der Waals surface area (Å²) in [4.78, 5) is 21.6. The second-order valence-corrected chi connectivity index (χ2v) is 7.02. The second-order valence-electron chi connectivity index (χ2n) is 7.02. The minimum Gasteiger partial charge on any atom is -0.423 e. The fraction of sp³-hybridized carbons (Fsp3) is 0.579. The molecule has 2 aliphatic heterocycles. The molecule has 6 nitrogen and oxygen atoms in total. The predicted molar refractivity (Wildman–Crippen MR) is 95.7 cm³/mol. The molecule has 1 amide bonds. The van der Waals surface area contributed by atoms with Crippen molar-refractivity contribution in [3.8, 4) is 0 Å². The summed E-state index contributed by atoms with van der Waals surface area (Å²) in [5.41, 5.74) is 2.89. The molecule has 0 radical (unpaired) electrons. The molecular formula is C19H25N3O3. The highest BCUT2D eigenvalue weighted by Crippen LogP contribution is 2.24. The van der Waals surface area contributed by atoms with Crippen LogP contribution >= 0.6 is 0 Å². The van der Waals surface area contributed by atoms with Gasteiger partial charge in [-0.1, -0.05) is 6.07 Å². The van der Waals surface area contributed by atoms with E-state index < -0.39 is 0 Å². The minimum atomic E-state index is 0.132. The predicted octanol–water partition coefficient (Wildman–Crippen LogP) is 2.60. The average Bonchev–Trinajstić information content (AvgIpc) is 2.89. The largest absolute Gasteiger partial charge is 0.423 e. The monoisotopic (exact) mass is 343 g/mol. The molecule has 2 aromatic rings. The summed E-state index contributed by atoms with van der Waals surface area (Å²) in [5, 5.41) is 0. The average molecular weight is 343 g/mol. The first-order valence-electron chi connectivity index (χ1n) is 9.19. The number of oxazole rings is 1. The van der Waals surface area contributed by atoms with Crippen molar-refractivity contribution in [2.75, 3.05) is 44.3 Å². The number of hydrogen-bond donors (Lipinski definition) is 0. The second kappa shape index (κ2) is 7.04. The van der Waals surface area contributed by atoms with Crippen molar-refractivity contribution in [1.82, 2.24) is 9.88 Å². The topological polar surface area (TPSA) is 58.8 Å². The van der Waals surface area contributed by atoms with Crippen molar-refractivity contribution < 1.29 is 13.9 Å². The van der Waals surface area contributed by atoms with Gasteiger partial charge in [0.1, 0.15) is 5.52 Å². The minimum absolute atomic E-state index is 0.132. The first kappa shape index (κ1) is 16.4. The molecule has 25 heavy (non-hydrogen) atoms. The van der Waals surface area contributed by atoms with E-state index in [1.165, 1.54) is 5.56 Å². The molecule has 3 heterocycles. The molecule has 6 heteroatoms. The molecular weight excluding hydrogens is 318 g/mol. The Morgan fingerprint density at radius 3 is 2.84 bits per heavy atom. The van der Waals surface area contributed by atoms with Crippen LogP contribution < -0.4 is 4.90 Å². The van der Waals surface area contributed by atoms with Crippen LogP contribution in [0.3, 0.4) is 0 Å². The SMILES string of the molecule is Cc1ccc2oc(N3CCCN(C(=O)C4CCOCC4)CC3)nc2c1. The third-order valence-electron chi connectivity index (χ3n) is 5.18. The van der Waals surface area contributed by atoms with Gasteiger partial charge in [-0.15, -0.1) is 0 Å². The number of carbonyl (C=O) groups excluding carboxylic acids is 1. The van der Waals surface area contributed by atoms with Gasteiger partial charge in [-0.25, -0.2) is 0 Å². The van der Waals surface area contributed by atoms with E-state index in [-0.39, 0.29) is 5.92 Å². The molecule has 0 spiro atoms.